The summed E-state index contributed by atoms with van der Waals surface area (Å²) in [5.74, 6) is 0. The molecule has 1 N–H and O–H groups in total. The third-order valence-corrected chi connectivity index (χ3v) is 3.23. The number of nitrogens with zero attached hydrogens (tertiary/aromatic N) is 3. The summed E-state index contributed by atoms with van der Waals surface area (Å²) in [6.07, 6.45) is 2.08. The fraction of sp³-hybridized carbons (Fsp3) is 0.769. The molecule has 2 heterocycles. The van der Waals surface area contributed by atoms with Gasteiger partial charge in [-0.05, 0) is 33.8 Å². The van der Waals surface area contributed by atoms with E-state index in [4.69, 9.17) is 0 Å². The molecule has 4 heteroatoms. The minimum absolute atomic E-state index is 0.221. The lowest BCUT2D eigenvalue weighted by Gasteiger charge is -2.38. The smallest absolute Gasteiger partial charge is 0.0764 e. The van der Waals surface area contributed by atoms with Gasteiger partial charge in [-0.3, -0.25) is 9.58 Å². The number of aromatic nitrogens is 2. The van der Waals surface area contributed by atoms with Crippen molar-refractivity contribution in [1.29, 1.82) is 0 Å². The van der Waals surface area contributed by atoms with Crippen molar-refractivity contribution in [2.75, 3.05) is 19.6 Å². The second-order valence-electron chi connectivity index (χ2n) is 5.90. The van der Waals surface area contributed by atoms with Gasteiger partial charge in [0.1, 0.15) is 0 Å². The van der Waals surface area contributed by atoms with Crippen molar-refractivity contribution in [3.8, 4) is 0 Å². The molecule has 0 bridgehead atoms. The van der Waals surface area contributed by atoms with Crippen LogP contribution in [0.15, 0.2) is 12.3 Å². The van der Waals surface area contributed by atoms with Crippen LogP contribution in [0.25, 0.3) is 0 Å². The third kappa shape index (κ3) is 3.30. The summed E-state index contributed by atoms with van der Waals surface area (Å²) in [5, 5.41) is 8.14. The van der Waals surface area contributed by atoms with E-state index in [1.54, 1.807) is 0 Å². The van der Waals surface area contributed by atoms with Crippen LogP contribution in [-0.4, -0.2) is 39.9 Å². The first kappa shape index (κ1) is 12.6. The second-order valence-corrected chi connectivity index (χ2v) is 5.90. The number of hydrogen-bond acceptors (Lipinski definition) is 3. The van der Waals surface area contributed by atoms with E-state index in [9.17, 15) is 0 Å². The number of piperazine rings is 1. The first-order valence-electron chi connectivity index (χ1n) is 6.48. The highest BCUT2D eigenvalue weighted by Crippen LogP contribution is 2.13. The molecule has 0 spiro atoms. The van der Waals surface area contributed by atoms with Crippen LogP contribution in [0.5, 0.6) is 0 Å². The Labute approximate surface area is 104 Å². The Morgan fingerprint density at radius 1 is 1.47 bits per heavy atom. The van der Waals surface area contributed by atoms with Crippen LogP contribution in [0.3, 0.4) is 0 Å². The van der Waals surface area contributed by atoms with Gasteiger partial charge in [-0.1, -0.05) is 0 Å². The third-order valence-electron chi connectivity index (χ3n) is 3.23. The topological polar surface area (TPSA) is 33.1 Å². The maximum Gasteiger partial charge on any atom is 0.0764 e. The Morgan fingerprint density at radius 3 is 2.82 bits per heavy atom. The molecule has 0 unspecified atom stereocenters. The molecule has 0 aromatic carbocycles. The van der Waals surface area contributed by atoms with Gasteiger partial charge in [-0.15, -0.1) is 0 Å². The molecule has 0 atom stereocenters. The van der Waals surface area contributed by atoms with Gasteiger partial charge >= 0.3 is 0 Å². The van der Waals surface area contributed by atoms with Gasteiger partial charge < -0.3 is 5.32 Å². The van der Waals surface area contributed by atoms with Crippen molar-refractivity contribution in [3.05, 3.63) is 18.0 Å². The van der Waals surface area contributed by atoms with Gasteiger partial charge in [0.25, 0.3) is 0 Å². The highest BCUT2D eigenvalue weighted by Gasteiger charge is 2.25. The van der Waals surface area contributed by atoms with E-state index in [0.717, 1.165) is 26.2 Å². The Bertz CT molecular complexity index is 367. The summed E-state index contributed by atoms with van der Waals surface area (Å²) < 4.78 is 2.03. The van der Waals surface area contributed by atoms with Crippen molar-refractivity contribution in [2.45, 2.75) is 45.8 Å². The van der Waals surface area contributed by atoms with Crippen LogP contribution in [0.1, 0.15) is 39.4 Å². The summed E-state index contributed by atoms with van der Waals surface area (Å²) in [7, 11) is 0. The highest BCUT2D eigenvalue weighted by molar-refractivity contribution is 5.01. The van der Waals surface area contributed by atoms with E-state index < -0.39 is 0 Å². The molecule has 1 fully saturated rings. The zero-order valence-electron chi connectivity index (χ0n) is 11.4. The van der Waals surface area contributed by atoms with Gasteiger partial charge in [0.05, 0.1) is 5.69 Å². The summed E-state index contributed by atoms with van der Waals surface area (Å²) >= 11 is 0. The fourth-order valence-electron chi connectivity index (χ4n) is 2.36. The lowest BCUT2D eigenvalue weighted by molar-refractivity contribution is 0.146. The molecule has 1 aliphatic heterocycles. The molecule has 0 amide bonds. The van der Waals surface area contributed by atoms with Crippen LogP contribution in [-0.2, 0) is 6.54 Å². The quantitative estimate of drug-likeness (QED) is 0.866. The van der Waals surface area contributed by atoms with Crippen molar-refractivity contribution >= 4 is 0 Å². The van der Waals surface area contributed by atoms with Crippen LogP contribution in [0, 0.1) is 0 Å². The number of nitrogens with one attached hydrogen (secondary N) is 1. The highest BCUT2D eigenvalue weighted by atomic mass is 15.3. The Morgan fingerprint density at radius 2 is 2.24 bits per heavy atom. The van der Waals surface area contributed by atoms with Gasteiger partial charge in [-0.25, -0.2) is 0 Å². The molecule has 0 saturated carbocycles. The van der Waals surface area contributed by atoms with Gasteiger partial charge in [0.15, 0.2) is 0 Å². The summed E-state index contributed by atoms with van der Waals surface area (Å²) in [6, 6.07) is 2.58. The zero-order chi connectivity index (χ0) is 12.5. The van der Waals surface area contributed by atoms with Crippen LogP contribution in [0.4, 0.5) is 0 Å². The van der Waals surface area contributed by atoms with Gasteiger partial charge in [0, 0.05) is 44.0 Å². The maximum atomic E-state index is 4.61. The maximum absolute atomic E-state index is 4.61. The summed E-state index contributed by atoms with van der Waals surface area (Å²) in [5.41, 5.74) is 1.40. The SMILES string of the molecule is CC(C)n1ccc(CN2CCNC(C)(C)C2)n1. The van der Waals surface area contributed by atoms with E-state index in [-0.39, 0.29) is 5.54 Å². The van der Waals surface area contributed by atoms with Crippen molar-refractivity contribution in [3.63, 3.8) is 0 Å². The average molecular weight is 236 g/mol. The Balaban J connectivity index is 1.95. The molecule has 0 aliphatic carbocycles. The van der Waals surface area contributed by atoms with Gasteiger partial charge in [-0.2, -0.15) is 5.10 Å². The average Bonchev–Trinajstić information content (AvgIpc) is 2.64. The van der Waals surface area contributed by atoms with E-state index in [2.05, 4.69) is 55.3 Å². The molecule has 1 saturated heterocycles. The standard InChI is InChI=1S/C13H24N4/c1-11(2)17-7-5-12(15-17)9-16-8-6-14-13(3,4)10-16/h5,7,11,14H,6,8-10H2,1-4H3. The molecular formula is C13H24N4. The second kappa shape index (κ2) is 4.78. The predicted octanol–water partition coefficient (Wildman–Crippen LogP) is 1.65. The molecular weight excluding hydrogens is 212 g/mol. The van der Waals surface area contributed by atoms with Crippen LogP contribution < -0.4 is 5.32 Å². The molecule has 1 aromatic heterocycles. The molecule has 0 radical (unpaired) electrons. The molecule has 96 valence electrons. The fourth-order valence-corrected chi connectivity index (χ4v) is 2.36. The molecule has 4 nitrogen and oxygen atoms in total. The largest absolute Gasteiger partial charge is 0.309 e. The molecule has 1 aliphatic rings. The van der Waals surface area contributed by atoms with E-state index in [1.807, 2.05) is 4.68 Å². The number of rotatable bonds is 3. The Hall–Kier alpha value is -0.870. The van der Waals surface area contributed by atoms with Gasteiger partial charge in [0.2, 0.25) is 0 Å². The molecule has 2 rings (SSSR count). The predicted molar refractivity (Wildman–Crippen MR) is 70.0 cm³/mol. The van der Waals surface area contributed by atoms with E-state index >= 15 is 0 Å². The van der Waals surface area contributed by atoms with Crippen molar-refractivity contribution in [2.24, 2.45) is 0 Å². The first-order valence-corrected chi connectivity index (χ1v) is 6.48. The lowest BCUT2D eigenvalue weighted by atomic mass is 10.0. The molecule has 1 aromatic rings. The first-order chi connectivity index (χ1) is 7.96. The number of hydrogen-bond donors (Lipinski definition) is 1. The minimum atomic E-state index is 0.221. The zero-order valence-corrected chi connectivity index (χ0v) is 11.4. The summed E-state index contributed by atoms with van der Waals surface area (Å²) in [4.78, 5) is 2.48. The van der Waals surface area contributed by atoms with E-state index in [1.165, 1.54) is 5.69 Å². The van der Waals surface area contributed by atoms with Crippen LogP contribution in [0.2, 0.25) is 0 Å². The van der Waals surface area contributed by atoms with Crippen LogP contribution >= 0.6 is 0 Å². The Kier molecular flexibility index (Phi) is 3.54. The molecule has 17 heavy (non-hydrogen) atoms. The van der Waals surface area contributed by atoms with Crippen molar-refractivity contribution in [1.82, 2.24) is 20.0 Å². The van der Waals surface area contributed by atoms with E-state index in [0.29, 0.717) is 6.04 Å². The monoisotopic (exact) mass is 236 g/mol. The normalized spacial score (nSPS) is 21.0. The summed E-state index contributed by atoms with van der Waals surface area (Å²) in [6.45, 7) is 13.1. The lowest BCUT2D eigenvalue weighted by Crippen LogP contribution is -2.56. The minimum Gasteiger partial charge on any atom is -0.309 e. The van der Waals surface area contributed by atoms with Crippen molar-refractivity contribution < 1.29 is 0 Å².